The van der Waals surface area contributed by atoms with Crippen molar-refractivity contribution < 1.29 is 48.7 Å². The fourth-order valence-electron chi connectivity index (χ4n) is 2.78. The summed E-state index contributed by atoms with van der Waals surface area (Å²) in [6.07, 6.45) is -4.64. The van der Waals surface area contributed by atoms with E-state index in [1.165, 1.54) is 0 Å². The van der Waals surface area contributed by atoms with E-state index in [4.69, 9.17) is 14.9 Å². The normalized spacial score (nSPS) is 13.1. The molecule has 4 N–H and O–H groups in total. The summed E-state index contributed by atoms with van der Waals surface area (Å²) in [6.45, 7) is 6.76. The van der Waals surface area contributed by atoms with Gasteiger partial charge in [0.2, 0.25) is 12.2 Å². The third-order valence-electron chi connectivity index (χ3n) is 4.29. The summed E-state index contributed by atoms with van der Waals surface area (Å²) >= 11 is 0. The average Bonchev–Trinajstić information content (AvgIpc) is 2.78. The minimum atomic E-state index is -2.07. The molecule has 11 nitrogen and oxygen atoms in total. The van der Waals surface area contributed by atoms with Crippen molar-refractivity contribution in [3.05, 3.63) is 42.5 Å². The predicted octanol–water partition coefficient (Wildman–Crippen LogP) is 1.60. The molecule has 0 fully saturated rings. The molecule has 0 aliphatic carbocycles. The Labute approximate surface area is 202 Å². The molecule has 0 aromatic heterocycles. The van der Waals surface area contributed by atoms with Crippen LogP contribution in [0.2, 0.25) is 0 Å². The van der Waals surface area contributed by atoms with Crippen molar-refractivity contribution in [1.82, 2.24) is 5.32 Å². The van der Waals surface area contributed by atoms with Crippen LogP contribution in [0, 0.1) is 0 Å². The Morgan fingerprint density at radius 1 is 0.857 bits per heavy atom. The highest BCUT2D eigenvalue weighted by Crippen LogP contribution is 2.25. The molecule has 0 aliphatic heterocycles. The Morgan fingerprint density at radius 3 is 1.86 bits per heavy atom. The first-order chi connectivity index (χ1) is 16.4. The van der Waals surface area contributed by atoms with Gasteiger partial charge in [0, 0.05) is 31.8 Å². The number of carboxylic acids is 2. The highest BCUT2D eigenvalue weighted by Gasteiger charge is 2.39. The Balaban J connectivity index is 0.000000357. The predicted molar refractivity (Wildman–Crippen MR) is 125 cm³/mol. The monoisotopic (exact) mass is 493 g/mol. The van der Waals surface area contributed by atoms with Crippen LogP contribution in [0.1, 0.15) is 27.7 Å². The molecule has 35 heavy (non-hydrogen) atoms. The van der Waals surface area contributed by atoms with Crippen LogP contribution in [0.4, 0.5) is 0 Å². The maximum atomic E-state index is 10.6. The van der Waals surface area contributed by atoms with E-state index in [9.17, 15) is 24.3 Å². The lowest BCUT2D eigenvalue weighted by molar-refractivity contribution is -0.185. The molecule has 0 aliphatic rings. The van der Waals surface area contributed by atoms with E-state index in [2.05, 4.69) is 40.8 Å². The fraction of sp³-hybridized carbons (Fsp3) is 0.417. The number of aliphatic hydroxyl groups excluding tert-OH is 1. The molecule has 2 aromatic rings. The van der Waals surface area contributed by atoms with E-state index in [1.54, 1.807) is 0 Å². The maximum Gasteiger partial charge on any atom is 0.349 e. The van der Waals surface area contributed by atoms with Crippen LogP contribution in [0.15, 0.2) is 42.5 Å². The zero-order valence-electron chi connectivity index (χ0n) is 20.0. The van der Waals surface area contributed by atoms with E-state index in [0.717, 1.165) is 30.4 Å². The van der Waals surface area contributed by atoms with Crippen molar-refractivity contribution in [2.24, 2.45) is 0 Å². The van der Waals surface area contributed by atoms with Crippen LogP contribution in [-0.2, 0) is 28.7 Å². The first-order valence-corrected chi connectivity index (χ1v) is 10.7. The van der Waals surface area contributed by atoms with Gasteiger partial charge >= 0.3 is 23.9 Å². The number of carbonyl (C=O) groups is 4. The van der Waals surface area contributed by atoms with Gasteiger partial charge in [0.15, 0.2) is 0 Å². The Hall–Kier alpha value is -3.70. The number of hydrogen-bond donors (Lipinski definition) is 4. The summed E-state index contributed by atoms with van der Waals surface area (Å²) in [5.41, 5.74) is 0. The maximum absolute atomic E-state index is 10.6. The number of nitrogens with one attached hydrogen (secondary N) is 1. The fourth-order valence-corrected chi connectivity index (χ4v) is 2.78. The Morgan fingerprint density at radius 2 is 1.37 bits per heavy atom. The van der Waals surface area contributed by atoms with Gasteiger partial charge in [-0.1, -0.05) is 50.2 Å². The van der Waals surface area contributed by atoms with Gasteiger partial charge < -0.3 is 34.8 Å². The molecule has 0 unspecified atom stereocenters. The van der Waals surface area contributed by atoms with Crippen LogP contribution in [0.25, 0.3) is 10.8 Å². The topological polar surface area (TPSA) is 169 Å². The third kappa shape index (κ3) is 10.8. The summed E-state index contributed by atoms with van der Waals surface area (Å²) in [6, 6.07) is 14.4. The second-order valence-corrected chi connectivity index (χ2v) is 7.74. The standard InChI is InChI=1S/C16H21NO2.C8H10O8/c1-12(2)17-10-14(18)11-19-16-9-5-7-13-6-3-4-8-15(13)16;1-3(9)15-5(7(11)12)6(8(13)14)16-4(2)10/h3-9,12,14,17-18H,10-11H2,1-2H3;5-6H,1-2H3,(H,11,12)(H,13,14)/t14-;5-,6-/m11/s1. The molecule has 11 heteroatoms. The molecule has 0 bridgehead atoms. The lowest BCUT2D eigenvalue weighted by Gasteiger charge is -2.19. The van der Waals surface area contributed by atoms with Crippen LogP contribution >= 0.6 is 0 Å². The average molecular weight is 494 g/mol. The lowest BCUT2D eigenvalue weighted by atomic mass is 10.1. The van der Waals surface area contributed by atoms with E-state index < -0.39 is 42.2 Å². The summed E-state index contributed by atoms with van der Waals surface area (Å²) in [5.74, 6) is -4.61. The number of ether oxygens (including phenoxy) is 3. The highest BCUT2D eigenvalue weighted by molar-refractivity contribution is 5.88. The van der Waals surface area contributed by atoms with E-state index >= 15 is 0 Å². The van der Waals surface area contributed by atoms with Crippen LogP contribution in [0.3, 0.4) is 0 Å². The second-order valence-electron chi connectivity index (χ2n) is 7.74. The van der Waals surface area contributed by atoms with Crippen LogP contribution < -0.4 is 10.1 Å². The molecule has 0 saturated heterocycles. The number of rotatable bonds is 11. The van der Waals surface area contributed by atoms with Crippen molar-refractivity contribution in [2.75, 3.05) is 13.2 Å². The zero-order chi connectivity index (χ0) is 26.5. The largest absolute Gasteiger partial charge is 0.490 e. The van der Waals surface area contributed by atoms with Crippen molar-refractivity contribution in [1.29, 1.82) is 0 Å². The van der Waals surface area contributed by atoms with E-state index in [0.29, 0.717) is 19.2 Å². The molecule has 0 spiro atoms. The minimum Gasteiger partial charge on any atom is -0.490 e. The first-order valence-electron chi connectivity index (χ1n) is 10.7. The number of hydrogen-bond acceptors (Lipinski definition) is 9. The number of fused-ring (bicyclic) bond motifs is 1. The quantitative estimate of drug-likeness (QED) is 0.335. The van der Waals surface area contributed by atoms with Crippen molar-refractivity contribution in [3.8, 4) is 5.75 Å². The molecule has 2 aromatic carbocycles. The minimum absolute atomic E-state index is 0.299. The van der Waals surface area contributed by atoms with Crippen molar-refractivity contribution in [3.63, 3.8) is 0 Å². The molecule has 0 radical (unpaired) electrons. The molecule has 0 amide bonds. The number of aliphatic carboxylic acids is 2. The molecule has 3 atom stereocenters. The van der Waals surface area contributed by atoms with Gasteiger partial charge in [-0.15, -0.1) is 0 Å². The van der Waals surface area contributed by atoms with E-state index in [1.807, 2.05) is 30.3 Å². The van der Waals surface area contributed by atoms with Crippen LogP contribution in [-0.4, -0.2) is 76.7 Å². The molecule has 0 saturated carbocycles. The smallest absolute Gasteiger partial charge is 0.349 e. The summed E-state index contributed by atoms with van der Waals surface area (Å²) in [5, 5.41) is 32.5. The number of esters is 2. The van der Waals surface area contributed by atoms with Crippen molar-refractivity contribution >= 4 is 34.6 Å². The van der Waals surface area contributed by atoms with Gasteiger partial charge in [-0.25, -0.2) is 9.59 Å². The SMILES string of the molecule is CC(=O)O[C@@H](C(=O)O)[C@@H](OC(C)=O)C(=O)O.CC(C)NC[C@@H](O)COc1cccc2ccccc12. The van der Waals surface area contributed by atoms with Crippen molar-refractivity contribution in [2.45, 2.75) is 52.0 Å². The van der Waals surface area contributed by atoms with E-state index in [-0.39, 0.29) is 0 Å². The van der Waals surface area contributed by atoms with Gasteiger partial charge in [0.05, 0.1) is 0 Å². The lowest BCUT2D eigenvalue weighted by Crippen LogP contribution is -2.45. The van der Waals surface area contributed by atoms with Gasteiger partial charge in [-0.3, -0.25) is 9.59 Å². The second kappa shape index (κ2) is 14.5. The number of aliphatic hydroxyl groups is 1. The summed E-state index contributed by atoms with van der Waals surface area (Å²) in [4.78, 5) is 42.4. The zero-order valence-corrected chi connectivity index (χ0v) is 20.0. The highest BCUT2D eigenvalue weighted by atomic mass is 16.6. The van der Waals surface area contributed by atoms with Gasteiger partial charge in [-0.2, -0.15) is 0 Å². The van der Waals surface area contributed by atoms with Gasteiger partial charge in [-0.05, 0) is 11.5 Å². The molecule has 0 heterocycles. The van der Waals surface area contributed by atoms with Gasteiger partial charge in [0.25, 0.3) is 0 Å². The number of benzene rings is 2. The molecule has 192 valence electrons. The summed E-state index contributed by atoms with van der Waals surface area (Å²) < 4.78 is 14.2. The molecular formula is C24H31NO10. The third-order valence-corrected chi connectivity index (χ3v) is 4.29. The molecule has 2 rings (SSSR count). The number of carboxylic acid groups (broad SMARTS) is 2. The Bertz CT molecular complexity index is 969. The summed E-state index contributed by atoms with van der Waals surface area (Å²) in [7, 11) is 0. The van der Waals surface area contributed by atoms with Crippen LogP contribution in [0.5, 0.6) is 5.75 Å². The molecular weight excluding hydrogens is 462 g/mol. The first kappa shape index (κ1) is 29.3. The Kier molecular flexibility index (Phi) is 12.2. The number of carbonyl (C=O) groups excluding carboxylic acids is 2. The van der Waals surface area contributed by atoms with Gasteiger partial charge in [0.1, 0.15) is 18.5 Å².